The van der Waals surface area contributed by atoms with Gasteiger partial charge in [0, 0.05) is 12.3 Å². The van der Waals surface area contributed by atoms with Crippen LogP contribution < -0.4 is 4.74 Å². The Hall–Kier alpha value is -2.37. The largest absolute Gasteiger partial charge is 0.481 e. The lowest BCUT2D eigenvalue weighted by atomic mass is 9.99. The molecule has 6 nitrogen and oxygen atoms in total. The highest BCUT2D eigenvalue weighted by Crippen LogP contribution is 2.22. The van der Waals surface area contributed by atoms with Crippen molar-refractivity contribution in [3.05, 3.63) is 30.0 Å². The van der Waals surface area contributed by atoms with Gasteiger partial charge in [0.1, 0.15) is 0 Å². The molecule has 21 heavy (non-hydrogen) atoms. The Morgan fingerprint density at radius 3 is 2.19 bits per heavy atom. The Morgan fingerprint density at radius 1 is 1.19 bits per heavy atom. The monoisotopic (exact) mass is 293 g/mol. The summed E-state index contributed by atoms with van der Waals surface area (Å²) in [5.41, 5.74) is 1.60. The van der Waals surface area contributed by atoms with Gasteiger partial charge in [-0.25, -0.2) is 4.98 Å². The fraction of sp³-hybridized carbons (Fsp3) is 0.400. The number of hydrogen-bond acceptors (Lipinski definition) is 6. The summed E-state index contributed by atoms with van der Waals surface area (Å²) >= 11 is 0. The van der Waals surface area contributed by atoms with E-state index in [4.69, 9.17) is 4.74 Å². The van der Waals surface area contributed by atoms with Crippen LogP contribution in [0, 0.1) is 5.92 Å². The zero-order chi connectivity index (χ0) is 15.8. The van der Waals surface area contributed by atoms with E-state index in [1.165, 1.54) is 21.3 Å². The third kappa shape index (κ3) is 4.30. The van der Waals surface area contributed by atoms with Crippen LogP contribution in [0.3, 0.4) is 0 Å². The van der Waals surface area contributed by atoms with Crippen LogP contribution in [-0.2, 0) is 19.1 Å². The molecule has 0 atom stereocenters. The average molecular weight is 293 g/mol. The van der Waals surface area contributed by atoms with E-state index in [0.717, 1.165) is 11.1 Å². The Kier molecular flexibility index (Phi) is 6.39. The van der Waals surface area contributed by atoms with E-state index in [1.807, 2.05) is 13.0 Å². The lowest BCUT2D eigenvalue weighted by molar-refractivity contribution is -0.156. The molecule has 0 unspecified atom stereocenters. The van der Waals surface area contributed by atoms with Crippen molar-refractivity contribution in [2.24, 2.45) is 5.92 Å². The second kappa shape index (κ2) is 8.04. The summed E-state index contributed by atoms with van der Waals surface area (Å²) in [5.74, 6) is -1.91. The van der Waals surface area contributed by atoms with Crippen molar-refractivity contribution in [1.82, 2.24) is 4.98 Å². The Balaban J connectivity index is 3.13. The quantitative estimate of drug-likeness (QED) is 0.588. The van der Waals surface area contributed by atoms with Crippen molar-refractivity contribution >= 4 is 17.5 Å². The number of pyridine rings is 1. The predicted octanol–water partition coefficient (Wildman–Crippen LogP) is 1.85. The minimum absolute atomic E-state index is 0.492. The first-order valence-electron chi connectivity index (χ1n) is 6.44. The first kappa shape index (κ1) is 16.7. The van der Waals surface area contributed by atoms with E-state index in [1.54, 1.807) is 18.3 Å². The second-order valence-corrected chi connectivity index (χ2v) is 4.16. The first-order chi connectivity index (χ1) is 10.1. The van der Waals surface area contributed by atoms with Crippen molar-refractivity contribution in [1.29, 1.82) is 0 Å². The highest BCUT2D eigenvalue weighted by atomic mass is 16.5. The Labute approximate surface area is 123 Å². The van der Waals surface area contributed by atoms with Gasteiger partial charge in [0.25, 0.3) is 0 Å². The number of rotatable bonds is 6. The molecule has 0 amide bonds. The molecule has 0 saturated heterocycles. The number of nitrogens with zero attached hydrogens (tertiary/aromatic N) is 1. The highest BCUT2D eigenvalue weighted by molar-refractivity contribution is 5.98. The van der Waals surface area contributed by atoms with Crippen molar-refractivity contribution in [2.75, 3.05) is 21.3 Å². The molecule has 0 radical (unpaired) electrons. The molecule has 0 saturated carbocycles. The van der Waals surface area contributed by atoms with Crippen LogP contribution in [0.15, 0.2) is 24.4 Å². The molecule has 1 rings (SSSR count). The highest BCUT2D eigenvalue weighted by Gasteiger charge is 2.26. The van der Waals surface area contributed by atoms with Gasteiger partial charge in [-0.1, -0.05) is 13.0 Å². The molecule has 6 heteroatoms. The standard InChI is InChI=1S/C15H19NO5/c1-5-10(11-6-7-13(19-2)16-9-11)8-12(14(17)20-3)15(18)21-4/h6-9,12H,5H2,1-4H3. The lowest BCUT2D eigenvalue weighted by Crippen LogP contribution is -2.25. The van der Waals surface area contributed by atoms with E-state index >= 15 is 0 Å². The maximum atomic E-state index is 11.7. The van der Waals surface area contributed by atoms with Gasteiger partial charge in [0.2, 0.25) is 5.88 Å². The Morgan fingerprint density at radius 2 is 1.81 bits per heavy atom. The van der Waals surface area contributed by atoms with Crippen molar-refractivity contribution in [3.63, 3.8) is 0 Å². The molecular formula is C15H19NO5. The molecule has 1 aromatic heterocycles. The molecule has 0 fully saturated rings. The fourth-order valence-corrected chi connectivity index (χ4v) is 1.80. The van der Waals surface area contributed by atoms with Gasteiger partial charge in [-0.05, 0) is 23.6 Å². The molecule has 0 spiro atoms. The minimum Gasteiger partial charge on any atom is -0.481 e. The smallest absolute Gasteiger partial charge is 0.324 e. The average Bonchev–Trinajstić information content (AvgIpc) is 2.54. The van der Waals surface area contributed by atoms with Crippen LogP contribution in [0.1, 0.15) is 18.9 Å². The van der Waals surface area contributed by atoms with E-state index in [0.29, 0.717) is 12.3 Å². The fourth-order valence-electron chi connectivity index (χ4n) is 1.80. The molecule has 0 bridgehead atoms. The molecule has 0 aromatic carbocycles. The van der Waals surface area contributed by atoms with E-state index in [-0.39, 0.29) is 0 Å². The summed E-state index contributed by atoms with van der Waals surface area (Å²) in [6.07, 6.45) is 3.79. The number of methoxy groups -OCH3 is 3. The van der Waals surface area contributed by atoms with E-state index in [2.05, 4.69) is 14.5 Å². The number of carbonyl (C=O) groups is 2. The molecule has 0 aliphatic heterocycles. The third-order valence-corrected chi connectivity index (χ3v) is 2.98. The number of esters is 2. The Bertz CT molecular complexity index is 505. The maximum absolute atomic E-state index is 11.7. The van der Waals surface area contributed by atoms with Gasteiger partial charge < -0.3 is 14.2 Å². The van der Waals surface area contributed by atoms with Crippen molar-refractivity contribution in [2.45, 2.75) is 13.3 Å². The summed E-state index contributed by atoms with van der Waals surface area (Å²) in [7, 11) is 3.99. The molecule has 0 N–H and O–H groups in total. The number of carbonyl (C=O) groups excluding carboxylic acids is 2. The molecule has 1 heterocycles. The summed E-state index contributed by atoms with van der Waals surface area (Å²) in [6.45, 7) is 1.92. The third-order valence-electron chi connectivity index (χ3n) is 2.98. The van der Waals surface area contributed by atoms with Gasteiger partial charge in [-0.2, -0.15) is 0 Å². The second-order valence-electron chi connectivity index (χ2n) is 4.16. The van der Waals surface area contributed by atoms with Crippen molar-refractivity contribution < 1.29 is 23.8 Å². The number of aromatic nitrogens is 1. The van der Waals surface area contributed by atoms with Crippen LogP contribution in [0.5, 0.6) is 5.88 Å². The minimum atomic E-state index is -1.09. The van der Waals surface area contributed by atoms with E-state index in [9.17, 15) is 9.59 Å². The topological polar surface area (TPSA) is 74.7 Å². The predicted molar refractivity (Wildman–Crippen MR) is 76.6 cm³/mol. The molecule has 114 valence electrons. The van der Waals surface area contributed by atoms with Crippen LogP contribution >= 0.6 is 0 Å². The zero-order valence-corrected chi connectivity index (χ0v) is 12.6. The van der Waals surface area contributed by atoms with Gasteiger partial charge in [0.15, 0.2) is 5.92 Å². The van der Waals surface area contributed by atoms with Gasteiger partial charge in [-0.3, -0.25) is 9.59 Å². The van der Waals surface area contributed by atoms with Crippen LogP contribution in [-0.4, -0.2) is 38.3 Å². The summed E-state index contributed by atoms with van der Waals surface area (Å²) in [5, 5.41) is 0. The van der Waals surface area contributed by atoms with Gasteiger partial charge in [-0.15, -0.1) is 0 Å². The zero-order valence-electron chi connectivity index (χ0n) is 12.6. The van der Waals surface area contributed by atoms with Crippen LogP contribution in [0.2, 0.25) is 0 Å². The molecule has 1 aromatic rings. The van der Waals surface area contributed by atoms with Gasteiger partial charge in [0.05, 0.1) is 21.3 Å². The summed E-state index contributed by atoms with van der Waals surface area (Å²) in [4.78, 5) is 27.5. The molecule has 0 aliphatic carbocycles. The molecule has 0 aliphatic rings. The number of ether oxygens (including phenoxy) is 3. The molecular weight excluding hydrogens is 274 g/mol. The van der Waals surface area contributed by atoms with Crippen LogP contribution in [0.25, 0.3) is 5.57 Å². The van der Waals surface area contributed by atoms with E-state index < -0.39 is 17.9 Å². The first-order valence-corrected chi connectivity index (χ1v) is 6.44. The normalized spacial score (nSPS) is 11.2. The number of allylic oxidation sites excluding steroid dienone is 1. The maximum Gasteiger partial charge on any atom is 0.324 e. The number of hydrogen-bond donors (Lipinski definition) is 0. The van der Waals surface area contributed by atoms with Crippen molar-refractivity contribution in [3.8, 4) is 5.88 Å². The summed E-state index contributed by atoms with van der Waals surface area (Å²) < 4.78 is 14.3. The van der Waals surface area contributed by atoms with Crippen LogP contribution in [0.4, 0.5) is 0 Å². The lowest BCUT2D eigenvalue weighted by Gasteiger charge is -2.11. The SMILES string of the molecule is CCC(=CC(C(=O)OC)C(=O)OC)c1ccc(OC)nc1. The summed E-state index contributed by atoms with van der Waals surface area (Å²) in [6, 6.07) is 3.52. The van der Waals surface area contributed by atoms with Gasteiger partial charge >= 0.3 is 11.9 Å².